The van der Waals surface area contributed by atoms with E-state index in [2.05, 4.69) is 0 Å². The molecule has 4 atom stereocenters. The number of hydrogen-bond acceptors (Lipinski definition) is 10. The monoisotopic (exact) mass is 582 g/mol. The second kappa shape index (κ2) is 18.6. The van der Waals surface area contributed by atoms with Gasteiger partial charge in [-0.25, -0.2) is 9.59 Å². The molecule has 0 saturated heterocycles. The highest BCUT2D eigenvalue weighted by molar-refractivity contribution is 6.00. The zero-order chi connectivity index (χ0) is 30.9. The van der Waals surface area contributed by atoms with E-state index >= 15 is 0 Å². The van der Waals surface area contributed by atoms with E-state index < -0.39 is 35.7 Å². The Balaban J connectivity index is 0.000000410. The summed E-state index contributed by atoms with van der Waals surface area (Å²) in [6.07, 6.45) is 7.08. The fourth-order valence-electron chi connectivity index (χ4n) is 3.93. The molecule has 0 aliphatic heterocycles. The van der Waals surface area contributed by atoms with Crippen molar-refractivity contribution in [3.05, 3.63) is 23.3 Å². The number of carboxylic acids is 2. The van der Waals surface area contributed by atoms with Gasteiger partial charge in [0.25, 0.3) is 0 Å². The van der Waals surface area contributed by atoms with Gasteiger partial charge in [0.1, 0.15) is 26.4 Å². The molecule has 0 aromatic carbocycles. The van der Waals surface area contributed by atoms with Crippen LogP contribution in [0.25, 0.3) is 0 Å². The maximum Gasteiger partial charge on any atom is 0.334 e. The van der Waals surface area contributed by atoms with Crippen LogP contribution in [0.2, 0.25) is 0 Å². The molecule has 12 heteroatoms. The van der Waals surface area contributed by atoms with Gasteiger partial charge in [0.2, 0.25) is 0 Å². The first-order chi connectivity index (χ1) is 19.4. The Bertz CT molecular complexity index is 996. The lowest BCUT2D eigenvalue weighted by Gasteiger charge is -2.23. The second-order valence-electron chi connectivity index (χ2n) is 9.87. The molecule has 0 bridgehead atoms. The van der Waals surface area contributed by atoms with E-state index in [-0.39, 0.29) is 61.3 Å². The average Bonchev–Trinajstić information content (AvgIpc) is 3.47. The number of esters is 4. The fourth-order valence-corrected chi connectivity index (χ4v) is 3.93. The van der Waals surface area contributed by atoms with Crippen LogP contribution in [-0.4, -0.2) is 72.5 Å². The predicted molar refractivity (Wildman–Crippen MR) is 144 cm³/mol. The Morgan fingerprint density at radius 3 is 1.68 bits per heavy atom. The van der Waals surface area contributed by atoms with Crippen LogP contribution in [0.1, 0.15) is 72.6 Å². The zero-order valence-corrected chi connectivity index (χ0v) is 24.2. The highest BCUT2D eigenvalue weighted by Crippen LogP contribution is 2.28. The van der Waals surface area contributed by atoms with Crippen LogP contribution in [0.15, 0.2) is 23.3 Å². The van der Waals surface area contributed by atoms with Gasteiger partial charge in [0.05, 0.1) is 23.7 Å². The predicted octanol–water partition coefficient (Wildman–Crippen LogP) is 3.47. The largest absolute Gasteiger partial charge is 0.481 e. The number of aliphatic carboxylic acids is 2. The second-order valence-corrected chi connectivity index (χ2v) is 9.87. The molecule has 0 saturated carbocycles. The van der Waals surface area contributed by atoms with Gasteiger partial charge in [-0.1, -0.05) is 39.8 Å². The minimum absolute atomic E-state index is 0.00475. The van der Waals surface area contributed by atoms with Crippen LogP contribution in [0.3, 0.4) is 0 Å². The summed E-state index contributed by atoms with van der Waals surface area (Å²) >= 11 is 0. The van der Waals surface area contributed by atoms with E-state index in [0.29, 0.717) is 44.9 Å². The van der Waals surface area contributed by atoms with Crippen molar-refractivity contribution in [3.8, 4) is 0 Å². The van der Waals surface area contributed by atoms with Crippen LogP contribution < -0.4 is 0 Å². The number of carbonyl (C=O) groups excluding carboxylic acids is 4. The Morgan fingerprint density at radius 2 is 1.20 bits per heavy atom. The minimum atomic E-state index is -1.07. The topological polar surface area (TPSA) is 180 Å². The molecule has 0 amide bonds. The van der Waals surface area contributed by atoms with E-state index in [1.165, 1.54) is 0 Å². The van der Waals surface area contributed by atoms with Gasteiger partial charge in [-0.15, -0.1) is 0 Å². The van der Waals surface area contributed by atoms with Crippen molar-refractivity contribution in [2.24, 2.45) is 23.7 Å². The summed E-state index contributed by atoms with van der Waals surface area (Å²) in [6, 6.07) is 0. The molecule has 41 heavy (non-hydrogen) atoms. The molecule has 0 heterocycles. The molecule has 2 N–H and O–H groups in total. The summed E-state index contributed by atoms with van der Waals surface area (Å²) in [5.41, 5.74) is 0.359. The van der Waals surface area contributed by atoms with Crippen LogP contribution in [-0.2, 0) is 47.7 Å². The van der Waals surface area contributed by atoms with Gasteiger partial charge in [-0.3, -0.25) is 19.2 Å². The molecular weight excluding hydrogens is 540 g/mol. The van der Waals surface area contributed by atoms with E-state index in [4.69, 9.17) is 29.2 Å². The van der Waals surface area contributed by atoms with Crippen molar-refractivity contribution >= 4 is 35.8 Å². The van der Waals surface area contributed by atoms with Gasteiger partial charge < -0.3 is 29.2 Å². The fraction of sp³-hybridized carbons (Fsp3) is 0.655. The Morgan fingerprint density at radius 1 is 0.732 bits per heavy atom. The van der Waals surface area contributed by atoms with E-state index in [9.17, 15) is 28.8 Å². The molecule has 0 radical (unpaired) electrons. The summed E-state index contributed by atoms with van der Waals surface area (Å²) in [4.78, 5) is 68.4. The van der Waals surface area contributed by atoms with E-state index in [1.54, 1.807) is 26.0 Å². The normalized spacial score (nSPS) is 19.2. The van der Waals surface area contributed by atoms with Gasteiger partial charge in [-0.05, 0) is 44.9 Å². The molecule has 230 valence electrons. The van der Waals surface area contributed by atoms with Crippen LogP contribution >= 0.6 is 0 Å². The molecule has 0 aromatic rings. The van der Waals surface area contributed by atoms with E-state index in [1.807, 2.05) is 13.8 Å². The maximum atomic E-state index is 11.9. The average molecular weight is 583 g/mol. The number of ether oxygens (including phenoxy) is 4. The maximum absolute atomic E-state index is 11.9. The molecule has 0 spiro atoms. The first-order valence-corrected chi connectivity index (χ1v) is 13.9. The lowest BCUT2D eigenvalue weighted by molar-refractivity contribution is -0.161. The summed E-state index contributed by atoms with van der Waals surface area (Å²) in [5, 5.41) is 18.0. The molecule has 2 aliphatic carbocycles. The molecule has 2 aliphatic rings. The van der Waals surface area contributed by atoms with Crippen molar-refractivity contribution in [1.29, 1.82) is 0 Å². The smallest absolute Gasteiger partial charge is 0.334 e. The quantitative estimate of drug-likeness (QED) is 0.132. The third kappa shape index (κ3) is 12.1. The van der Waals surface area contributed by atoms with Crippen molar-refractivity contribution in [2.45, 2.75) is 72.6 Å². The van der Waals surface area contributed by atoms with Gasteiger partial charge >= 0.3 is 35.8 Å². The highest BCUT2D eigenvalue weighted by Gasteiger charge is 2.35. The summed E-state index contributed by atoms with van der Waals surface area (Å²) < 4.78 is 19.8. The lowest BCUT2D eigenvalue weighted by atomic mass is 9.83. The molecular formula is C29H42O12. The van der Waals surface area contributed by atoms with Crippen LogP contribution in [0.5, 0.6) is 0 Å². The van der Waals surface area contributed by atoms with Gasteiger partial charge in [-0.2, -0.15) is 0 Å². The van der Waals surface area contributed by atoms with E-state index in [0.717, 1.165) is 0 Å². The Hall–Kier alpha value is -3.70. The SMILES string of the molecule is CCC(C)C(=O)OCCOC(=O)C1=C(C(=O)O)CCC1.CCC(C)C(=O)OCCOC(=O)C1CC=CCC1C(=O)O. The summed E-state index contributed by atoms with van der Waals surface area (Å²) in [5.74, 6) is -5.66. The standard InChI is InChI=1S/C15H22O6.C14H20O6/c1-3-10(2)14(18)20-8-9-21-15(19)12-7-5-4-6-11(12)13(16)17;1-3-9(2)13(17)19-7-8-20-14(18)11-6-4-5-10(11)12(15)16/h4-5,10-12H,3,6-9H2,1-2H3,(H,16,17);9H,3-8H2,1-2H3,(H,15,16). The van der Waals surface area contributed by atoms with Crippen LogP contribution in [0.4, 0.5) is 0 Å². The van der Waals surface area contributed by atoms with Crippen molar-refractivity contribution in [2.75, 3.05) is 26.4 Å². The Labute approximate surface area is 240 Å². The molecule has 2 rings (SSSR count). The van der Waals surface area contributed by atoms with Crippen molar-refractivity contribution in [1.82, 2.24) is 0 Å². The summed E-state index contributed by atoms with van der Waals surface area (Å²) in [6.45, 7) is 7.17. The Kier molecular flexibility index (Phi) is 16.0. The third-order valence-electron chi connectivity index (χ3n) is 6.94. The van der Waals surface area contributed by atoms with Crippen molar-refractivity contribution < 1.29 is 57.9 Å². The van der Waals surface area contributed by atoms with Crippen molar-refractivity contribution in [3.63, 3.8) is 0 Å². The number of hydrogen-bond donors (Lipinski definition) is 2. The zero-order valence-electron chi connectivity index (χ0n) is 24.2. The number of allylic oxidation sites excluding steroid dienone is 2. The highest BCUT2D eigenvalue weighted by atomic mass is 16.6. The van der Waals surface area contributed by atoms with Gasteiger partial charge in [0, 0.05) is 11.1 Å². The first-order valence-electron chi connectivity index (χ1n) is 13.9. The minimum Gasteiger partial charge on any atom is -0.481 e. The van der Waals surface area contributed by atoms with Crippen LogP contribution in [0, 0.1) is 23.7 Å². The molecule has 0 fully saturated rings. The first kappa shape index (κ1) is 35.3. The lowest BCUT2D eigenvalue weighted by Crippen LogP contribution is -2.33. The number of rotatable bonds is 14. The summed E-state index contributed by atoms with van der Waals surface area (Å²) in [7, 11) is 0. The molecule has 0 aromatic heterocycles. The number of carboxylic acid groups (broad SMARTS) is 2. The van der Waals surface area contributed by atoms with Gasteiger partial charge in [0.15, 0.2) is 0 Å². The third-order valence-corrected chi connectivity index (χ3v) is 6.94. The number of carbonyl (C=O) groups is 6. The molecule has 4 unspecified atom stereocenters. The molecule has 12 nitrogen and oxygen atoms in total.